The molecule has 2 aromatic carbocycles. The van der Waals surface area contributed by atoms with E-state index < -0.39 is 43.9 Å². The van der Waals surface area contributed by atoms with Gasteiger partial charge in [0.25, 0.3) is 10.0 Å². The molecule has 1 aromatic heterocycles. The molecule has 1 fully saturated rings. The monoisotopic (exact) mass is 631 g/mol. The second kappa shape index (κ2) is 11.7. The van der Waals surface area contributed by atoms with Crippen molar-refractivity contribution in [1.82, 2.24) is 8.61 Å². The standard InChI is InChI=1S/C27H32F3N3O5S3/c1-20(21-8-5-4-6-9-21)33(40(3,35)36)19-24-18-31(41(37,38)25-10-7-17-39-25)15-16-32(24)23-13-11-22(12-14-23)26(2,34)27(28,29)30/h4-14,17,20,24,34H,15-16,18-19H2,1-3H3/t20?,24-,26-/m1/s1. The van der Waals surface area contributed by atoms with Crippen LogP contribution < -0.4 is 4.90 Å². The first-order valence-corrected chi connectivity index (χ1v) is 16.9. The molecule has 0 radical (unpaired) electrons. The van der Waals surface area contributed by atoms with E-state index >= 15 is 0 Å². The van der Waals surface area contributed by atoms with Gasteiger partial charge in [0.2, 0.25) is 10.0 Å². The molecule has 224 valence electrons. The normalized spacial score (nSPS) is 19.7. The molecular formula is C27H32F3N3O5S3. The van der Waals surface area contributed by atoms with Crippen LogP contribution in [0, 0.1) is 0 Å². The Morgan fingerprint density at radius 2 is 1.63 bits per heavy atom. The summed E-state index contributed by atoms with van der Waals surface area (Å²) in [6.45, 7) is 2.56. The summed E-state index contributed by atoms with van der Waals surface area (Å²) in [4.78, 5) is 1.81. The van der Waals surface area contributed by atoms with Gasteiger partial charge in [-0.25, -0.2) is 16.8 Å². The number of benzene rings is 2. The Kier molecular flexibility index (Phi) is 8.94. The van der Waals surface area contributed by atoms with Crippen molar-refractivity contribution >= 4 is 37.1 Å². The number of piperazine rings is 1. The van der Waals surface area contributed by atoms with Gasteiger partial charge in [-0.05, 0) is 48.6 Å². The number of rotatable bonds is 9. The van der Waals surface area contributed by atoms with E-state index in [2.05, 4.69) is 0 Å². The topological polar surface area (TPSA) is 98.2 Å². The van der Waals surface area contributed by atoms with Gasteiger partial charge in [0.1, 0.15) is 4.21 Å². The lowest BCUT2D eigenvalue weighted by molar-refractivity contribution is -0.258. The molecule has 8 nitrogen and oxygen atoms in total. The predicted octanol–water partition coefficient (Wildman–Crippen LogP) is 4.42. The lowest BCUT2D eigenvalue weighted by atomic mass is 9.95. The van der Waals surface area contributed by atoms with Crippen LogP contribution in [0.1, 0.15) is 31.0 Å². The smallest absolute Gasteiger partial charge is 0.376 e. The number of sulfonamides is 2. The molecule has 41 heavy (non-hydrogen) atoms. The van der Waals surface area contributed by atoms with Crippen molar-refractivity contribution in [2.24, 2.45) is 0 Å². The Morgan fingerprint density at radius 1 is 1.00 bits per heavy atom. The maximum absolute atomic E-state index is 13.4. The minimum absolute atomic E-state index is 0.0459. The third-order valence-corrected chi connectivity index (χ3v) is 11.9. The Bertz CT molecular complexity index is 1530. The Morgan fingerprint density at radius 3 is 2.17 bits per heavy atom. The molecule has 14 heteroatoms. The number of hydrogen-bond donors (Lipinski definition) is 1. The number of alkyl halides is 3. The highest BCUT2D eigenvalue weighted by Crippen LogP contribution is 2.39. The van der Waals surface area contributed by atoms with Crippen LogP contribution in [0.5, 0.6) is 0 Å². The van der Waals surface area contributed by atoms with E-state index in [0.29, 0.717) is 12.6 Å². The third-order valence-electron chi connectivity index (χ3n) is 7.38. The van der Waals surface area contributed by atoms with Crippen LogP contribution in [-0.4, -0.2) is 75.2 Å². The highest BCUT2D eigenvalue weighted by molar-refractivity contribution is 7.91. The van der Waals surface area contributed by atoms with E-state index in [0.717, 1.165) is 23.2 Å². The summed E-state index contributed by atoms with van der Waals surface area (Å²) >= 11 is 1.08. The van der Waals surface area contributed by atoms with Gasteiger partial charge in [-0.1, -0.05) is 48.5 Å². The number of hydrogen-bond acceptors (Lipinski definition) is 7. The summed E-state index contributed by atoms with van der Waals surface area (Å²) in [5, 5.41) is 11.7. The second-order valence-electron chi connectivity index (χ2n) is 10.2. The summed E-state index contributed by atoms with van der Waals surface area (Å²) in [6, 6.07) is 16.1. The molecule has 0 amide bonds. The van der Waals surface area contributed by atoms with Gasteiger partial charge in [-0.2, -0.15) is 21.8 Å². The molecule has 3 aromatic rings. The van der Waals surface area contributed by atoms with Gasteiger partial charge in [0, 0.05) is 37.9 Å². The molecule has 4 rings (SSSR count). The molecule has 1 saturated heterocycles. The largest absolute Gasteiger partial charge is 0.421 e. The molecule has 2 heterocycles. The predicted molar refractivity (Wildman–Crippen MR) is 153 cm³/mol. The average molecular weight is 632 g/mol. The lowest BCUT2D eigenvalue weighted by Gasteiger charge is -2.44. The molecular weight excluding hydrogens is 600 g/mol. The van der Waals surface area contributed by atoms with Crippen LogP contribution in [-0.2, 0) is 25.6 Å². The highest BCUT2D eigenvalue weighted by Gasteiger charge is 2.51. The third kappa shape index (κ3) is 6.62. The summed E-state index contributed by atoms with van der Waals surface area (Å²) in [7, 11) is -7.62. The van der Waals surface area contributed by atoms with Crippen molar-refractivity contribution in [3.63, 3.8) is 0 Å². The van der Waals surface area contributed by atoms with Gasteiger partial charge in [-0.15, -0.1) is 11.3 Å². The first-order chi connectivity index (χ1) is 19.0. The van der Waals surface area contributed by atoms with Gasteiger partial charge < -0.3 is 10.0 Å². The fraction of sp³-hybridized carbons (Fsp3) is 0.407. The summed E-state index contributed by atoms with van der Waals surface area (Å²) in [6.07, 6.45) is -3.80. The molecule has 0 saturated carbocycles. The minimum atomic E-state index is -4.89. The highest BCUT2D eigenvalue weighted by atomic mass is 32.2. The van der Waals surface area contributed by atoms with E-state index in [9.17, 15) is 35.1 Å². The zero-order valence-corrected chi connectivity index (χ0v) is 25.1. The van der Waals surface area contributed by atoms with E-state index in [-0.39, 0.29) is 36.0 Å². The first-order valence-electron chi connectivity index (χ1n) is 12.7. The van der Waals surface area contributed by atoms with Crippen LogP contribution in [0.3, 0.4) is 0 Å². The quantitative estimate of drug-likeness (QED) is 0.376. The molecule has 1 aliphatic rings. The first kappa shape index (κ1) is 31.4. The molecule has 1 aliphatic heterocycles. The Hall–Kier alpha value is -2.49. The van der Waals surface area contributed by atoms with Crippen molar-refractivity contribution in [1.29, 1.82) is 0 Å². The molecule has 1 unspecified atom stereocenters. The summed E-state index contributed by atoms with van der Waals surface area (Å²) < 4.78 is 95.8. The fourth-order valence-electron chi connectivity index (χ4n) is 4.91. The van der Waals surface area contributed by atoms with Crippen LogP contribution in [0.4, 0.5) is 18.9 Å². The molecule has 0 aliphatic carbocycles. The van der Waals surface area contributed by atoms with Gasteiger partial charge >= 0.3 is 6.18 Å². The van der Waals surface area contributed by atoms with Crippen LogP contribution >= 0.6 is 11.3 Å². The van der Waals surface area contributed by atoms with Gasteiger partial charge in [0.15, 0.2) is 5.60 Å². The van der Waals surface area contributed by atoms with Crippen LogP contribution in [0.2, 0.25) is 0 Å². The van der Waals surface area contributed by atoms with E-state index in [4.69, 9.17) is 0 Å². The number of anilines is 1. The SMILES string of the molecule is CC(c1ccccc1)N(C[C@H]1CN(S(=O)(=O)c2cccs2)CCN1c1ccc([C@@](C)(O)C(F)(F)F)cc1)S(C)(=O)=O. The van der Waals surface area contributed by atoms with Crippen molar-refractivity contribution in [2.75, 3.05) is 37.3 Å². The maximum Gasteiger partial charge on any atom is 0.421 e. The average Bonchev–Trinajstić information content (AvgIpc) is 3.47. The summed E-state index contributed by atoms with van der Waals surface area (Å²) in [5.41, 5.74) is -2.18. The van der Waals surface area contributed by atoms with Crippen molar-refractivity contribution < 1.29 is 35.1 Å². The number of thiophene rings is 1. The van der Waals surface area contributed by atoms with E-state index in [1.54, 1.807) is 42.6 Å². The molecule has 3 atom stereocenters. The summed E-state index contributed by atoms with van der Waals surface area (Å²) in [5.74, 6) is 0. The number of halogens is 3. The Labute approximate surface area is 242 Å². The number of aliphatic hydroxyl groups is 1. The van der Waals surface area contributed by atoms with Gasteiger partial charge in [-0.3, -0.25) is 0 Å². The minimum Gasteiger partial charge on any atom is -0.376 e. The zero-order chi connectivity index (χ0) is 30.2. The molecule has 0 bridgehead atoms. The zero-order valence-electron chi connectivity index (χ0n) is 22.7. The lowest BCUT2D eigenvalue weighted by Crippen LogP contribution is -2.59. The van der Waals surface area contributed by atoms with Gasteiger partial charge in [0.05, 0.1) is 12.3 Å². The van der Waals surface area contributed by atoms with Crippen LogP contribution in [0.15, 0.2) is 76.3 Å². The molecule has 1 N–H and O–H groups in total. The Balaban J connectivity index is 1.71. The molecule has 0 spiro atoms. The second-order valence-corrected chi connectivity index (χ2v) is 15.2. The van der Waals surface area contributed by atoms with Crippen molar-refractivity contribution in [3.05, 3.63) is 83.2 Å². The number of nitrogens with zero attached hydrogens (tertiary/aromatic N) is 3. The van der Waals surface area contributed by atoms with E-state index in [1.807, 2.05) is 11.0 Å². The maximum atomic E-state index is 13.4. The fourth-order valence-corrected chi connectivity index (χ4v) is 8.66. The van der Waals surface area contributed by atoms with Crippen molar-refractivity contribution in [2.45, 2.75) is 41.9 Å². The van der Waals surface area contributed by atoms with Crippen molar-refractivity contribution in [3.8, 4) is 0 Å². The van der Waals surface area contributed by atoms with Crippen LogP contribution in [0.25, 0.3) is 0 Å². The van der Waals surface area contributed by atoms with E-state index in [1.165, 1.54) is 38.9 Å².